The van der Waals surface area contributed by atoms with Gasteiger partial charge in [-0.1, -0.05) is 0 Å². The molecule has 0 radical (unpaired) electrons. The summed E-state index contributed by atoms with van der Waals surface area (Å²) < 4.78 is 33.0. The summed E-state index contributed by atoms with van der Waals surface area (Å²) in [6.45, 7) is 5.75. The standard InChI is InChI=1S/C13H21N3O3S/c1-3-15-12-4-6-14-8-13(12)20(17,18)16-10(2)11-5-7-19-9-11/h4,6,8,10-11,16H,3,5,7,9H2,1-2H3,(H,14,15). The lowest BCUT2D eigenvalue weighted by Gasteiger charge is -2.20. The first-order valence-electron chi connectivity index (χ1n) is 6.82. The number of pyridine rings is 1. The van der Waals surface area contributed by atoms with Gasteiger partial charge in [0, 0.05) is 37.5 Å². The molecule has 2 N–H and O–H groups in total. The van der Waals surface area contributed by atoms with Crippen molar-refractivity contribution in [3.8, 4) is 0 Å². The van der Waals surface area contributed by atoms with Crippen LogP contribution in [0.25, 0.3) is 0 Å². The SMILES string of the molecule is CCNc1ccncc1S(=O)(=O)NC(C)C1CCOC1. The van der Waals surface area contributed by atoms with Crippen molar-refractivity contribution in [3.05, 3.63) is 18.5 Å². The molecular formula is C13H21N3O3S. The normalized spacial score (nSPS) is 20.8. The van der Waals surface area contributed by atoms with Gasteiger partial charge in [0.2, 0.25) is 10.0 Å². The van der Waals surface area contributed by atoms with Crippen LogP contribution in [0.4, 0.5) is 5.69 Å². The maximum absolute atomic E-state index is 12.5. The van der Waals surface area contributed by atoms with E-state index < -0.39 is 10.0 Å². The molecule has 0 saturated carbocycles. The number of sulfonamides is 1. The molecule has 2 unspecified atom stereocenters. The summed E-state index contributed by atoms with van der Waals surface area (Å²) in [5, 5.41) is 3.04. The Kier molecular flexibility index (Phi) is 4.95. The quantitative estimate of drug-likeness (QED) is 0.825. The van der Waals surface area contributed by atoms with E-state index in [1.165, 1.54) is 6.20 Å². The fourth-order valence-corrected chi connectivity index (χ4v) is 3.72. The minimum Gasteiger partial charge on any atom is -0.384 e. The summed E-state index contributed by atoms with van der Waals surface area (Å²) in [7, 11) is -3.58. The van der Waals surface area contributed by atoms with Crippen LogP contribution in [-0.2, 0) is 14.8 Å². The highest BCUT2D eigenvalue weighted by atomic mass is 32.2. The third-order valence-corrected chi connectivity index (χ3v) is 5.04. The van der Waals surface area contributed by atoms with Gasteiger partial charge in [-0.05, 0) is 26.3 Å². The second-order valence-electron chi connectivity index (χ2n) is 4.94. The molecule has 0 bridgehead atoms. The van der Waals surface area contributed by atoms with Crippen molar-refractivity contribution in [1.29, 1.82) is 0 Å². The summed E-state index contributed by atoms with van der Waals surface area (Å²) >= 11 is 0. The van der Waals surface area contributed by atoms with Crippen molar-refractivity contribution >= 4 is 15.7 Å². The van der Waals surface area contributed by atoms with Crippen molar-refractivity contribution in [1.82, 2.24) is 9.71 Å². The molecule has 0 aromatic carbocycles. The Morgan fingerprint density at radius 1 is 1.55 bits per heavy atom. The molecule has 2 heterocycles. The highest BCUT2D eigenvalue weighted by molar-refractivity contribution is 7.89. The van der Waals surface area contributed by atoms with Gasteiger partial charge in [-0.25, -0.2) is 13.1 Å². The fraction of sp³-hybridized carbons (Fsp3) is 0.615. The van der Waals surface area contributed by atoms with Crippen molar-refractivity contribution in [2.24, 2.45) is 5.92 Å². The molecule has 6 nitrogen and oxygen atoms in total. The number of aromatic nitrogens is 1. The Labute approximate surface area is 120 Å². The van der Waals surface area contributed by atoms with Crippen LogP contribution in [-0.4, -0.2) is 39.2 Å². The van der Waals surface area contributed by atoms with Crippen molar-refractivity contribution < 1.29 is 13.2 Å². The first-order valence-corrected chi connectivity index (χ1v) is 8.31. The van der Waals surface area contributed by atoms with E-state index >= 15 is 0 Å². The van der Waals surface area contributed by atoms with Gasteiger partial charge in [-0.2, -0.15) is 0 Å². The van der Waals surface area contributed by atoms with E-state index in [1.54, 1.807) is 12.3 Å². The zero-order valence-corrected chi connectivity index (χ0v) is 12.6. The minimum absolute atomic E-state index is 0.155. The molecule has 20 heavy (non-hydrogen) atoms. The number of nitrogens with one attached hydrogen (secondary N) is 2. The first-order chi connectivity index (χ1) is 9.54. The van der Waals surface area contributed by atoms with E-state index in [9.17, 15) is 8.42 Å². The fourth-order valence-electron chi connectivity index (χ4n) is 2.28. The monoisotopic (exact) mass is 299 g/mol. The maximum Gasteiger partial charge on any atom is 0.244 e. The number of hydrogen-bond acceptors (Lipinski definition) is 5. The molecule has 1 aliphatic heterocycles. The highest BCUT2D eigenvalue weighted by Crippen LogP contribution is 2.22. The lowest BCUT2D eigenvalue weighted by Crippen LogP contribution is -2.38. The van der Waals surface area contributed by atoms with Crippen LogP contribution in [0, 0.1) is 5.92 Å². The molecule has 0 amide bonds. The summed E-state index contributed by atoms with van der Waals surface area (Å²) in [4.78, 5) is 4.10. The van der Waals surface area contributed by atoms with E-state index in [-0.39, 0.29) is 16.9 Å². The van der Waals surface area contributed by atoms with Gasteiger partial charge >= 0.3 is 0 Å². The number of hydrogen-bond donors (Lipinski definition) is 2. The van der Waals surface area contributed by atoms with E-state index in [0.29, 0.717) is 25.4 Å². The molecule has 1 aliphatic rings. The lowest BCUT2D eigenvalue weighted by molar-refractivity contribution is 0.180. The van der Waals surface area contributed by atoms with Crippen LogP contribution < -0.4 is 10.0 Å². The first kappa shape index (κ1) is 15.2. The molecule has 0 spiro atoms. The highest BCUT2D eigenvalue weighted by Gasteiger charge is 2.28. The topological polar surface area (TPSA) is 80.3 Å². The summed E-state index contributed by atoms with van der Waals surface area (Å²) in [5.41, 5.74) is 0.574. The van der Waals surface area contributed by atoms with Gasteiger partial charge < -0.3 is 10.1 Å². The Morgan fingerprint density at radius 2 is 2.35 bits per heavy atom. The van der Waals surface area contributed by atoms with Crippen LogP contribution in [0.15, 0.2) is 23.4 Å². The van der Waals surface area contributed by atoms with Crippen molar-refractivity contribution in [3.63, 3.8) is 0 Å². The van der Waals surface area contributed by atoms with E-state index in [2.05, 4.69) is 15.0 Å². The Bertz CT molecular complexity index is 542. The van der Waals surface area contributed by atoms with Gasteiger partial charge in [-0.15, -0.1) is 0 Å². The molecule has 2 rings (SSSR count). The molecule has 2 atom stereocenters. The minimum atomic E-state index is -3.58. The largest absolute Gasteiger partial charge is 0.384 e. The van der Waals surface area contributed by atoms with E-state index in [4.69, 9.17) is 4.74 Å². The molecule has 0 aliphatic carbocycles. The molecule has 7 heteroatoms. The third-order valence-electron chi connectivity index (χ3n) is 3.45. The number of nitrogens with zero attached hydrogens (tertiary/aromatic N) is 1. The van der Waals surface area contributed by atoms with Crippen LogP contribution in [0.1, 0.15) is 20.3 Å². The van der Waals surface area contributed by atoms with E-state index in [1.807, 2.05) is 13.8 Å². The van der Waals surface area contributed by atoms with Crippen molar-refractivity contribution in [2.45, 2.75) is 31.2 Å². The molecule has 1 fully saturated rings. The summed E-state index contributed by atoms with van der Waals surface area (Å²) in [6.07, 6.45) is 3.83. The van der Waals surface area contributed by atoms with Gasteiger partial charge in [0.05, 0.1) is 12.3 Å². The number of anilines is 1. The van der Waals surface area contributed by atoms with E-state index in [0.717, 1.165) is 6.42 Å². The Morgan fingerprint density at radius 3 is 3.00 bits per heavy atom. The average Bonchev–Trinajstić information content (AvgIpc) is 2.93. The Balaban J connectivity index is 2.17. The molecule has 1 aromatic rings. The predicted octanol–water partition coefficient (Wildman–Crippen LogP) is 1.22. The second kappa shape index (κ2) is 6.51. The number of ether oxygens (including phenoxy) is 1. The van der Waals surface area contributed by atoms with Crippen LogP contribution in [0.2, 0.25) is 0 Å². The zero-order valence-electron chi connectivity index (χ0n) is 11.8. The van der Waals surface area contributed by atoms with Crippen molar-refractivity contribution in [2.75, 3.05) is 25.1 Å². The maximum atomic E-state index is 12.5. The average molecular weight is 299 g/mol. The number of rotatable bonds is 6. The zero-order chi connectivity index (χ0) is 14.6. The Hall–Kier alpha value is -1.18. The smallest absolute Gasteiger partial charge is 0.244 e. The summed E-state index contributed by atoms with van der Waals surface area (Å²) in [5.74, 6) is 0.226. The van der Waals surface area contributed by atoms with Gasteiger partial charge in [-0.3, -0.25) is 4.98 Å². The van der Waals surface area contributed by atoms with Gasteiger partial charge in [0.25, 0.3) is 0 Å². The van der Waals surface area contributed by atoms with Crippen LogP contribution >= 0.6 is 0 Å². The van der Waals surface area contributed by atoms with Gasteiger partial charge in [0.15, 0.2) is 0 Å². The third kappa shape index (κ3) is 3.47. The van der Waals surface area contributed by atoms with Crippen LogP contribution in [0.5, 0.6) is 0 Å². The summed E-state index contributed by atoms with van der Waals surface area (Å²) in [6, 6.07) is 1.51. The molecule has 112 valence electrons. The lowest BCUT2D eigenvalue weighted by atomic mass is 10.0. The second-order valence-corrected chi connectivity index (χ2v) is 6.62. The molecule has 1 aromatic heterocycles. The molecule has 1 saturated heterocycles. The van der Waals surface area contributed by atoms with Gasteiger partial charge in [0.1, 0.15) is 4.90 Å². The molecular weight excluding hydrogens is 278 g/mol. The predicted molar refractivity (Wildman–Crippen MR) is 77.1 cm³/mol. The van der Waals surface area contributed by atoms with Crippen LogP contribution in [0.3, 0.4) is 0 Å².